The van der Waals surface area contributed by atoms with E-state index in [1.165, 1.54) is 12.8 Å². The number of carbonyl (C=O) groups excluding carboxylic acids is 1. The lowest BCUT2D eigenvalue weighted by molar-refractivity contribution is -0.131. The van der Waals surface area contributed by atoms with Crippen LogP contribution in [0.2, 0.25) is 0 Å². The molecular formula is C16H26N4O2. The molecule has 0 aromatic carbocycles. The molecule has 1 aromatic rings. The Kier molecular flexibility index (Phi) is 4.78. The van der Waals surface area contributed by atoms with Gasteiger partial charge in [0.2, 0.25) is 5.91 Å². The van der Waals surface area contributed by atoms with E-state index in [4.69, 9.17) is 0 Å². The number of imidazole rings is 1. The maximum Gasteiger partial charge on any atom is 0.242 e. The van der Waals surface area contributed by atoms with E-state index in [9.17, 15) is 9.90 Å². The number of hydrogen-bond acceptors (Lipinski definition) is 4. The lowest BCUT2D eigenvalue weighted by Crippen LogP contribution is -2.34. The van der Waals surface area contributed by atoms with Crippen molar-refractivity contribution in [3.05, 3.63) is 18.2 Å². The Hall–Kier alpha value is -1.40. The van der Waals surface area contributed by atoms with Crippen molar-refractivity contribution < 1.29 is 9.90 Å². The zero-order valence-corrected chi connectivity index (χ0v) is 13.3. The molecule has 2 fully saturated rings. The number of likely N-dealkylation sites (tertiary alicyclic amines) is 2. The van der Waals surface area contributed by atoms with E-state index in [2.05, 4.69) is 9.88 Å². The van der Waals surface area contributed by atoms with Gasteiger partial charge in [-0.2, -0.15) is 0 Å². The van der Waals surface area contributed by atoms with Gasteiger partial charge in [-0.15, -0.1) is 0 Å². The molecule has 2 saturated heterocycles. The molecule has 0 bridgehead atoms. The minimum atomic E-state index is 0.128. The Bertz CT molecular complexity index is 510. The summed E-state index contributed by atoms with van der Waals surface area (Å²) in [6.07, 6.45) is 6.12. The minimum Gasteiger partial charge on any atom is -0.396 e. The van der Waals surface area contributed by atoms with Crippen molar-refractivity contribution in [3.8, 4) is 0 Å². The Morgan fingerprint density at radius 3 is 2.68 bits per heavy atom. The van der Waals surface area contributed by atoms with Crippen LogP contribution in [0.1, 0.15) is 18.7 Å². The highest BCUT2D eigenvalue weighted by Gasteiger charge is 2.36. The average Bonchev–Trinajstić information content (AvgIpc) is 3.22. The van der Waals surface area contributed by atoms with E-state index in [0.29, 0.717) is 19.0 Å². The maximum absolute atomic E-state index is 12.5. The highest BCUT2D eigenvalue weighted by molar-refractivity contribution is 5.76. The van der Waals surface area contributed by atoms with E-state index in [1.54, 1.807) is 6.20 Å². The van der Waals surface area contributed by atoms with Gasteiger partial charge in [-0.05, 0) is 38.8 Å². The van der Waals surface area contributed by atoms with Crippen LogP contribution in [0.25, 0.3) is 0 Å². The normalized spacial score (nSPS) is 26.0. The first-order valence-corrected chi connectivity index (χ1v) is 8.26. The van der Waals surface area contributed by atoms with Crippen molar-refractivity contribution in [2.75, 3.05) is 39.3 Å². The summed E-state index contributed by atoms with van der Waals surface area (Å²) in [5.74, 6) is 1.60. The van der Waals surface area contributed by atoms with E-state index < -0.39 is 0 Å². The van der Waals surface area contributed by atoms with Crippen LogP contribution in [0.3, 0.4) is 0 Å². The van der Waals surface area contributed by atoms with Crippen LogP contribution in [0, 0.1) is 18.8 Å². The van der Waals surface area contributed by atoms with Gasteiger partial charge in [-0.3, -0.25) is 4.79 Å². The van der Waals surface area contributed by atoms with Crippen molar-refractivity contribution in [1.29, 1.82) is 0 Å². The van der Waals surface area contributed by atoms with Gasteiger partial charge in [0, 0.05) is 44.6 Å². The number of nitrogens with zero attached hydrogens (tertiary/aromatic N) is 4. The molecule has 0 saturated carbocycles. The van der Waals surface area contributed by atoms with Crippen LogP contribution < -0.4 is 0 Å². The summed E-state index contributed by atoms with van der Waals surface area (Å²) in [4.78, 5) is 21.0. The van der Waals surface area contributed by atoms with Crippen molar-refractivity contribution in [3.63, 3.8) is 0 Å². The molecule has 1 amide bonds. The number of aryl methyl sites for hydroxylation is 1. The molecule has 0 unspecified atom stereocenters. The highest BCUT2D eigenvalue weighted by atomic mass is 16.3. The Morgan fingerprint density at radius 1 is 1.32 bits per heavy atom. The fourth-order valence-electron chi connectivity index (χ4n) is 3.67. The van der Waals surface area contributed by atoms with Gasteiger partial charge in [0.05, 0.1) is 0 Å². The second kappa shape index (κ2) is 6.79. The van der Waals surface area contributed by atoms with Gasteiger partial charge in [0.1, 0.15) is 12.4 Å². The summed E-state index contributed by atoms with van der Waals surface area (Å²) in [7, 11) is 0. The largest absolute Gasteiger partial charge is 0.396 e. The number of amides is 1. The van der Waals surface area contributed by atoms with Crippen LogP contribution in [0.5, 0.6) is 0 Å². The Morgan fingerprint density at radius 2 is 2.05 bits per heavy atom. The minimum absolute atomic E-state index is 0.128. The molecule has 0 spiro atoms. The number of hydrogen-bond donors (Lipinski definition) is 1. The van der Waals surface area contributed by atoms with Crippen molar-refractivity contribution in [2.24, 2.45) is 11.8 Å². The Labute approximate surface area is 131 Å². The molecule has 1 aromatic heterocycles. The quantitative estimate of drug-likeness (QED) is 0.853. The zero-order chi connectivity index (χ0) is 15.5. The molecule has 2 aliphatic heterocycles. The lowest BCUT2D eigenvalue weighted by Gasteiger charge is -2.23. The van der Waals surface area contributed by atoms with Crippen molar-refractivity contribution >= 4 is 5.91 Å². The first-order chi connectivity index (χ1) is 10.7. The third kappa shape index (κ3) is 3.33. The number of aliphatic hydroxyl groups excluding tert-OH is 1. The molecule has 0 radical (unpaired) electrons. The molecule has 3 heterocycles. The predicted molar refractivity (Wildman–Crippen MR) is 83.3 cm³/mol. The van der Waals surface area contributed by atoms with Gasteiger partial charge in [0.15, 0.2) is 0 Å². The fourth-order valence-corrected chi connectivity index (χ4v) is 3.67. The number of rotatable bonds is 5. The molecule has 22 heavy (non-hydrogen) atoms. The highest BCUT2D eigenvalue weighted by Crippen LogP contribution is 2.25. The van der Waals surface area contributed by atoms with Crippen LogP contribution in [0.4, 0.5) is 0 Å². The third-order valence-electron chi connectivity index (χ3n) is 5.08. The SMILES string of the molecule is Cc1nccn1CC(=O)N1C[C@@H](CN2CCCC2)[C@@H](CO)C1. The molecule has 1 N–H and O–H groups in total. The van der Waals surface area contributed by atoms with E-state index in [0.717, 1.165) is 32.0 Å². The fraction of sp³-hybridized carbons (Fsp3) is 0.750. The molecule has 3 rings (SSSR count). The molecule has 2 atom stereocenters. The van der Waals surface area contributed by atoms with Gasteiger partial charge < -0.3 is 19.5 Å². The molecular weight excluding hydrogens is 280 g/mol. The second-order valence-corrected chi connectivity index (χ2v) is 6.61. The number of aliphatic hydroxyl groups is 1. The van der Waals surface area contributed by atoms with Gasteiger partial charge in [-0.1, -0.05) is 0 Å². The summed E-state index contributed by atoms with van der Waals surface area (Å²) < 4.78 is 1.88. The maximum atomic E-state index is 12.5. The molecule has 122 valence electrons. The van der Waals surface area contributed by atoms with E-state index in [1.807, 2.05) is 22.6 Å². The van der Waals surface area contributed by atoms with Crippen LogP contribution in [-0.2, 0) is 11.3 Å². The molecule has 6 nitrogen and oxygen atoms in total. The third-order valence-corrected chi connectivity index (χ3v) is 5.08. The van der Waals surface area contributed by atoms with E-state index >= 15 is 0 Å². The van der Waals surface area contributed by atoms with E-state index in [-0.39, 0.29) is 18.4 Å². The summed E-state index contributed by atoms with van der Waals surface area (Å²) >= 11 is 0. The number of carbonyl (C=O) groups is 1. The number of aromatic nitrogens is 2. The first kappa shape index (κ1) is 15.5. The summed E-state index contributed by atoms with van der Waals surface area (Å²) in [6.45, 7) is 7.22. The molecule has 6 heteroatoms. The second-order valence-electron chi connectivity index (χ2n) is 6.61. The van der Waals surface area contributed by atoms with Crippen molar-refractivity contribution in [1.82, 2.24) is 19.4 Å². The average molecular weight is 306 g/mol. The molecule has 2 aliphatic rings. The van der Waals surface area contributed by atoms with Crippen LogP contribution >= 0.6 is 0 Å². The summed E-state index contributed by atoms with van der Waals surface area (Å²) in [5.41, 5.74) is 0. The van der Waals surface area contributed by atoms with Gasteiger partial charge in [0.25, 0.3) is 0 Å². The van der Waals surface area contributed by atoms with Crippen molar-refractivity contribution in [2.45, 2.75) is 26.3 Å². The van der Waals surface area contributed by atoms with Crippen LogP contribution in [0.15, 0.2) is 12.4 Å². The van der Waals surface area contributed by atoms with Crippen LogP contribution in [-0.4, -0.2) is 69.7 Å². The smallest absolute Gasteiger partial charge is 0.242 e. The van der Waals surface area contributed by atoms with Gasteiger partial charge in [-0.25, -0.2) is 4.98 Å². The topological polar surface area (TPSA) is 61.6 Å². The Balaban J connectivity index is 1.58. The summed E-state index contributed by atoms with van der Waals surface area (Å²) in [6, 6.07) is 0. The summed E-state index contributed by atoms with van der Waals surface area (Å²) in [5, 5.41) is 9.64. The first-order valence-electron chi connectivity index (χ1n) is 8.26. The standard InChI is InChI=1S/C16H26N4O2/c1-13-17-4-7-19(13)11-16(22)20-9-14(15(10-20)12-21)8-18-5-2-3-6-18/h4,7,14-15,21H,2-3,5-6,8-12H2,1H3/t14-,15-/m1/s1. The molecule has 0 aliphatic carbocycles. The predicted octanol–water partition coefficient (Wildman–Crippen LogP) is 0.354. The lowest BCUT2D eigenvalue weighted by atomic mass is 9.96. The monoisotopic (exact) mass is 306 g/mol. The van der Waals surface area contributed by atoms with Gasteiger partial charge >= 0.3 is 0 Å². The zero-order valence-electron chi connectivity index (χ0n) is 13.3.